The summed E-state index contributed by atoms with van der Waals surface area (Å²) in [4.78, 5) is 13.5. The zero-order valence-corrected chi connectivity index (χ0v) is 7.81. The number of benzene rings is 1. The predicted octanol–water partition coefficient (Wildman–Crippen LogP) is 0.705. The van der Waals surface area contributed by atoms with Crippen LogP contribution in [0.4, 0.5) is 5.69 Å². The van der Waals surface area contributed by atoms with Crippen LogP contribution >= 0.6 is 0 Å². The first-order chi connectivity index (χ1) is 6.77. The highest BCUT2D eigenvalue weighted by molar-refractivity contribution is 5.82. The molecule has 0 aromatic heterocycles. The number of fused-ring (bicyclic) bond motifs is 5. The maximum atomic E-state index is 11.2. The van der Waals surface area contributed by atoms with Gasteiger partial charge in [-0.2, -0.15) is 0 Å². The van der Waals surface area contributed by atoms with Gasteiger partial charge in [0.25, 0.3) is 0 Å². The zero-order valence-electron chi connectivity index (χ0n) is 7.81. The van der Waals surface area contributed by atoms with Crippen LogP contribution in [0.25, 0.3) is 0 Å². The lowest BCUT2D eigenvalue weighted by Gasteiger charge is -2.23. The molecule has 1 aromatic carbocycles. The molecule has 2 atom stereocenters. The van der Waals surface area contributed by atoms with Crippen LogP contribution in [0.15, 0.2) is 24.3 Å². The number of hydrogen-bond acceptors (Lipinski definition) is 2. The number of nitrogens with zero attached hydrogens (tertiary/aromatic N) is 1. The summed E-state index contributed by atoms with van der Waals surface area (Å²) in [7, 11) is 0. The second-order valence-electron chi connectivity index (χ2n) is 4.08. The van der Waals surface area contributed by atoms with Crippen LogP contribution in [-0.2, 0) is 4.79 Å². The highest BCUT2D eigenvalue weighted by Gasteiger charge is 2.44. The Bertz CT molecular complexity index is 402. The van der Waals surface area contributed by atoms with Crippen molar-refractivity contribution in [1.29, 1.82) is 0 Å². The van der Waals surface area contributed by atoms with E-state index in [1.807, 2.05) is 12.1 Å². The number of carbonyl (C=O) groups excluding carboxylic acids is 1. The quantitative estimate of drug-likeness (QED) is 0.705. The van der Waals surface area contributed by atoms with Crippen LogP contribution < -0.4 is 10.6 Å². The van der Waals surface area contributed by atoms with Gasteiger partial charge in [-0.05, 0) is 11.6 Å². The Kier molecular flexibility index (Phi) is 1.40. The van der Waals surface area contributed by atoms with Crippen LogP contribution in [0.2, 0.25) is 0 Å². The predicted molar refractivity (Wildman–Crippen MR) is 54.1 cm³/mol. The van der Waals surface area contributed by atoms with E-state index in [0.29, 0.717) is 5.92 Å². The molecular formula is C11H12N2O. The Hall–Kier alpha value is -1.51. The summed E-state index contributed by atoms with van der Waals surface area (Å²) < 4.78 is 0. The molecule has 72 valence electrons. The first-order valence-electron chi connectivity index (χ1n) is 4.90. The molecule has 2 heterocycles. The lowest BCUT2D eigenvalue weighted by Crippen LogP contribution is -2.32. The third-order valence-electron chi connectivity index (χ3n) is 3.36. The van der Waals surface area contributed by atoms with Crippen molar-refractivity contribution in [1.82, 2.24) is 0 Å². The SMILES string of the molecule is NC(=O)C1CN2CC1c1ccccc12. The summed E-state index contributed by atoms with van der Waals surface area (Å²) in [6, 6.07) is 8.29. The topological polar surface area (TPSA) is 46.3 Å². The molecule has 0 spiro atoms. The van der Waals surface area contributed by atoms with Gasteiger partial charge in [-0.3, -0.25) is 4.79 Å². The number of para-hydroxylation sites is 1. The minimum atomic E-state index is -0.160. The van der Waals surface area contributed by atoms with Gasteiger partial charge in [-0.1, -0.05) is 18.2 Å². The Balaban J connectivity index is 2.06. The summed E-state index contributed by atoms with van der Waals surface area (Å²) in [5.74, 6) is 0.195. The molecule has 1 amide bonds. The van der Waals surface area contributed by atoms with E-state index in [4.69, 9.17) is 5.73 Å². The van der Waals surface area contributed by atoms with Crippen molar-refractivity contribution in [2.45, 2.75) is 5.92 Å². The molecule has 1 fully saturated rings. The van der Waals surface area contributed by atoms with Crippen LogP contribution in [0.5, 0.6) is 0 Å². The fourth-order valence-electron chi connectivity index (χ4n) is 2.69. The largest absolute Gasteiger partial charge is 0.370 e. The average Bonchev–Trinajstić information content (AvgIpc) is 2.75. The molecule has 1 aromatic rings. The van der Waals surface area contributed by atoms with Crippen molar-refractivity contribution in [2.75, 3.05) is 18.0 Å². The molecule has 3 heteroatoms. The van der Waals surface area contributed by atoms with Crippen LogP contribution in [0.3, 0.4) is 0 Å². The minimum absolute atomic E-state index is 0.0184. The summed E-state index contributed by atoms with van der Waals surface area (Å²) in [5, 5.41) is 0. The first kappa shape index (κ1) is 7.85. The van der Waals surface area contributed by atoms with Crippen LogP contribution in [0, 0.1) is 5.92 Å². The molecule has 2 aliphatic heterocycles. The van der Waals surface area contributed by atoms with E-state index in [-0.39, 0.29) is 11.8 Å². The number of nitrogens with two attached hydrogens (primary N) is 1. The molecule has 0 saturated carbocycles. The van der Waals surface area contributed by atoms with E-state index in [1.54, 1.807) is 0 Å². The Morgan fingerprint density at radius 2 is 2.14 bits per heavy atom. The molecule has 2 N–H and O–H groups in total. The number of primary amides is 1. The van der Waals surface area contributed by atoms with Gasteiger partial charge in [-0.25, -0.2) is 0 Å². The number of amides is 1. The maximum Gasteiger partial charge on any atom is 0.223 e. The van der Waals surface area contributed by atoms with Crippen LogP contribution in [-0.4, -0.2) is 19.0 Å². The highest BCUT2D eigenvalue weighted by Crippen LogP contribution is 2.46. The summed E-state index contributed by atoms with van der Waals surface area (Å²) in [6.07, 6.45) is 0. The van der Waals surface area contributed by atoms with Gasteiger partial charge >= 0.3 is 0 Å². The Morgan fingerprint density at radius 1 is 1.36 bits per heavy atom. The van der Waals surface area contributed by atoms with Crippen LogP contribution in [0.1, 0.15) is 11.5 Å². The standard InChI is InChI=1S/C11H12N2O/c12-11(14)9-6-13-5-8(9)7-3-1-2-4-10(7)13/h1-4,8-9H,5-6H2,(H2,12,14). The summed E-state index contributed by atoms with van der Waals surface area (Å²) in [5.41, 5.74) is 7.96. The van der Waals surface area contributed by atoms with Gasteiger partial charge in [0.05, 0.1) is 5.92 Å². The second-order valence-corrected chi connectivity index (χ2v) is 4.08. The smallest absolute Gasteiger partial charge is 0.223 e. The van der Waals surface area contributed by atoms with E-state index in [2.05, 4.69) is 17.0 Å². The zero-order chi connectivity index (χ0) is 9.71. The van der Waals surface area contributed by atoms with Gasteiger partial charge in [-0.15, -0.1) is 0 Å². The van der Waals surface area contributed by atoms with E-state index in [9.17, 15) is 4.79 Å². The fourth-order valence-corrected chi connectivity index (χ4v) is 2.69. The molecular weight excluding hydrogens is 176 g/mol. The first-order valence-corrected chi connectivity index (χ1v) is 4.90. The summed E-state index contributed by atoms with van der Waals surface area (Å²) >= 11 is 0. The molecule has 3 rings (SSSR count). The van der Waals surface area contributed by atoms with Gasteiger partial charge in [0.15, 0.2) is 0 Å². The summed E-state index contributed by atoms with van der Waals surface area (Å²) in [6.45, 7) is 1.77. The molecule has 14 heavy (non-hydrogen) atoms. The molecule has 2 unspecified atom stereocenters. The lowest BCUT2D eigenvalue weighted by molar-refractivity contribution is -0.121. The van der Waals surface area contributed by atoms with Gasteiger partial charge in [0.1, 0.15) is 0 Å². The van der Waals surface area contributed by atoms with E-state index in [0.717, 1.165) is 13.1 Å². The van der Waals surface area contributed by atoms with Gasteiger partial charge in [0, 0.05) is 24.7 Å². The molecule has 2 aliphatic rings. The van der Waals surface area contributed by atoms with Crippen molar-refractivity contribution in [2.24, 2.45) is 11.7 Å². The molecule has 2 bridgehead atoms. The monoisotopic (exact) mass is 188 g/mol. The minimum Gasteiger partial charge on any atom is -0.370 e. The van der Waals surface area contributed by atoms with Gasteiger partial charge < -0.3 is 10.6 Å². The molecule has 3 nitrogen and oxygen atoms in total. The normalized spacial score (nSPS) is 27.9. The van der Waals surface area contributed by atoms with Crippen molar-refractivity contribution >= 4 is 11.6 Å². The van der Waals surface area contributed by atoms with Gasteiger partial charge in [0.2, 0.25) is 5.91 Å². The highest BCUT2D eigenvalue weighted by atomic mass is 16.1. The second kappa shape index (κ2) is 2.50. The molecule has 0 radical (unpaired) electrons. The molecule has 1 saturated heterocycles. The Morgan fingerprint density at radius 3 is 2.93 bits per heavy atom. The van der Waals surface area contributed by atoms with E-state index in [1.165, 1.54) is 11.3 Å². The van der Waals surface area contributed by atoms with Crippen molar-refractivity contribution in [3.63, 3.8) is 0 Å². The fraction of sp³-hybridized carbons (Fsp3) is 0.364. The van der Waals surface area contributed by atoms with E-state index < -0.39 is 0 Å². The number of carbonyl (C=O) groups is 1. The van der Waals surface area contributed by atoms with Crippen molar-refractivity contribution in [3.8, 4) is 0 Å². The third-order valence-corrected chi connectivity index (χ3v) is 3.36. The average molecular weight is 188 g/mol. The lowest BCUT2D eigenvalue weighted by atomic mass is 9.87. The maximum absolute atomic E-state index is 11.2. The Labute approximate surface area is 82.5 Å². The number of rotatable bonds is 1. The third kappa shape index (κ3) is 0.842. The number of hydrogen-bond donors (Lipinski definition) is 1. The van der Waals surface area contributed by atoms with Crippen molar-refractivity contribution in [3.05, 3.63) is 29.8 Å². The number of anilines is 1. The molecule has 0 aliphatic carbocycles. The van der Waals surface area contributed by atoms with Crippen molar-refractivity contribution < 1.29 is 4.79 Å². The van der Waals surface area contributed by atoms with E-state index >= 15 is 0 Å².